The number of rotatable bonds is 76. The van der Waals surface area contributed by atoms with Crippen molar-refractivity contribution in [2.45, 2.75) is 420 Å². The van der Waals surface area contributed by atoms with E-state index in [0.717, 1.165) is 108 Å². The van der Waals surface area contributed by atoms with Gasteiger partial charge in [0.05, 0.1) is 26.4 Å². The van der Waals surface area contributed by atoms with Gasteiger partial charge in [-0.1, -0.05) is 350 Å². The Hall–Kier alpha value is -1.94. The van der Waals surface area contributed by atoms with E-state index in [4.69, 9.17) is 37.0 Å². The fourth-order valence-corrected chi connectivity index (χ4v) is 13.5. The zero-order valence-electron chi connectivity index (χ0n) is 63.5. The molecule has 0 radical (unpaired) electrons. The lowest BCUT2D eigenvalue weighted by Gasteiger charge is -2.21. The molecule has 0 aliphatic rings. The van der Waals surface area contributed by atoms with Crippen LogP contribution < -0.4 is 0 Å². The minimum Gasteiger partial charge on any atom is -0.462 e. The highest BCUT2D eigenvalue weighted by Gasteiger charge is 2.30. The second-order valence-corrected chi connectivity index (χ2v) is 32.4. The number of hydrogen-bond donors (Lipinski definition) is 3. The summed E-state index contributed by atoms with van der Waals surface area (Å²) in [5.41, 5.74) is 0. The Bertz CT molecular complexity index is 1890. The van der Waals surface area contributed by atoms with Crippen LogP contribution in [-0.4, -0.2) is 96.7 Å². The molecule has 19 heteroatoms. The third-order valence-electron chi connectivity index (χ3n) is 18.1. The first-order chi connectivity index (χ1) is 46.7. The third kappa shape index (κ3) is 72.2. The fraction of sp³-hybridized carbons (Fsp3) is 0.949. The summed E-state index contributed by atoms with van der Waals surface area (Å²) in [4.78, 5) is 72.9. The maximum atomic E-state index is 13.1. The Balaban J connectivity index is 5.24. The highest BCUT2D eigenvalue weighted by atomic mass is 31.2. The van der Waals surface area contributed by atoms with Crippen LogP contribution in [0.2, 0.25) is 0 Å². The molecule has 0 spiro atoms. The highest BCUT2D eigenvalue weighted by Crippen LogP contribution is 2.45. The van der Waals surface area contributed by atoms with Crippen LogP contribution in [0.1, 0.15) is 402 Å². The summed E-state index contributed by atoms with van der Waals surface area (Å²) < 4.78 is 68.6. The van der Waals surface area contributed by atoms with Gasteiger partial charge in [0.25, 0.3) is 0 Å². The van der Waals surface area contributed by atoms with Gasteiger partial charge in [0.2, 0.25) is 0 Å². The van der Waals surface area contributed by atoms with Crippen molar-refractivity contribution in [3.8, 4) is 0 Å². The van der Waals surface area contributed by atoms with E-state index >= 15 is 0 Å². The second kappa shape index (κ2) is 68.5. The largest absolute Gasteiger partial charge is 0.472 e. The zero-order chi connectivity index (χ0) is 71.6. The van der Waals surface area contributed by atoms with E-state index in [1.54, 1.807) is 0 Å². The molecule has 0 aromatic heterocycles. The van der Waals surface area contributed by atoms with Gasteiger partial charge in [0.15, 0.2) is 12.2 Å². The zero-order valence-corrected chi connectivity index (χ0v) is 65.3. The number of hydrogen-bond acceptors (Lipinski definition) is 15. The number of carbonyl (C=O) groups excluding carboxylic acids is 4. The van der Waals surface area contributed by atoms with Gasteiger partial charge >= 0.3 is 39.5 Å². The van der Waals surface area contributed by atoms with Crippen molar-refractivity contribution in [1.82, 2.24) is 0 Å². The topological polar surface area (TPSA) is 237 Å². The van der Waals surface area contributed by atoms with Gasteiger partial charge in [-0.2, -0.15) is 0 Å². The van der Waals surface area contributed by atoms with E-state index in [1.165, 1.54) is 212 Å². The van der Waals surface area contributed by atoms with Gasteiger partial charge in [-0.15, -0.1) is 0 Å². The lowest BCUT2D eigenvalue weighted by molar-refractivity contribution is -0.161. The molecule has 0 bridgehead atoms. The number of phosphoric acid groups is 2. The lowest BCUT2D eigenvalue weighted by atomic mass is 10.0. The van der Waals surface area contributed by atoms with Crippen LogP contribution in [0.15, 0.2) is 0 Å². The van der Waals surface area contributed by atoms with Crippen molar-refractivity contribution in [1.29, 1.82) is 0 Å². The van der Waals surface area contributed by atoms with Crippen molar-refractivity contribution in [3.05, 3.63) is 0 Å². The van der Waals surface area contributed by atoms with Crippen molar-refractivity contribution < 1.29 is 80.2 Å². The molecule has 3 N–H and O–H groups in total. The van der Waals surface area contributed by atoms with Crippen molar-refractivity contribution in [2.75, 3.05) is 39.6 Å². The third-order valence-corrected chi connectivity index (χ3v) is 20.0. The average Bonchev–Trinajstić information content (AvgIpc) is 1.35. The molecule has 576 valence electrons. The minimum atomic E-state index is -4.96. The van der Waals surface area contributed by atoms with Crippen molar-refractivity contribution in [2.24, 2.45) is 17.8 Å². The molecule has 0 rings (SSSR count). The molecular formula is C78H152O17P2. The van der Waals surface area contributed by atoms with E-state index in [2.05, 4.69) is 48.5 Å². The average molecular weight is 1420 g/mol. The molecule has 0 aromatic rings. The number of ether oxygens (including phenoxy) is 4. The number of aliphatic hydroxyl groups excluding tert-OH is 1. The summed E-state index contributed by atoms with van der Waals surface area (Å²) in [6.07, 6.45) is 55.4. The summed E-state index contributed by atoms with van der Waals surface area (Å²) in [7, 11) is -9.91. The Morgan fingerprint density at radius 3 is 0.701 bits per heavy atom. The van der Waals surface area contributed by atoms with Gasteiger partial charge in [0.1, 0.15) is 19.3 Å². The molecule has 0 saturated carbocycles. The number of aliphatic hydroxyl groups is 1. The maximum absolute atomic E-state index is 13.1. The molecule has 0 fully saturated rings. The van der Waals surface area contributed by atoms with Crippen molar-refractivity contribution in [3.63, 3.8) is 0 Å². The van der Waals surface area contributed by atoms with Crippen LogP contribution in [0, 0.1) is 17.8 Å². The summed E-state index contributed by atoms with van der Waals surface area (Å²) in [5, 5.41) is 10.6. The molecule has 97 heavy (non-hydrogen) atoms. The molecule has 2 unspecified atom stereocenters. The van der Waals surface area contributed by atoms with Crippen LogP contribution in [0.4, 0.5) is 0 Å². The van der Waals surface area contributed by atoms with Gasteiger partial charge in [-0.05, 0) is 43.4 Å². The molecule has 0 aliphatic heterocycles. The van der Waals surface area contributed by atoms with Crippen molar-refractivity contribution >= 4 is 39.5 Å². The number of esters is 4. The van der Waals surface area contributed by atoms with Crippen LogP contribution in [0.3, 0.4) is 0 Å². The predicted molar refractivity (Wildman–Crippen MR) is 395 cm³/mol. The van der Waals surface area contributed by atoms with Gasteiger partial charge in [-0.25, -0.2) is 9.13 Å². The van der Waals surface area contributed by atoms with E-state index in [9.17, 15) is 43.2 Å². The summed E-state index contributed by atoms with van der Waals surface area (Å²) in [6, 6.07) is 0. The number of unbranched alkanes of at least 4 members (excludes halogenated alkanes) is 44. The molecule has 0 heterocycles. The van der Waals surface area contributed by atoms with E-state index in [-0.39, 0.29) is 25.7 Å². The molecular weight excluding hydrogens is 1270 g/mol. The molecule has 0 amide bonds. The van der Waals surface area contributed by atoms with Crippen LogP contribution >= 0.6 is 15.6 Å². The Morgan fingerprint density at radius 1 is 0.278 bits per heavy atom. The van der Waals surface area contributed by atoms with Crippen LogP contribution in [0.25, 0.3) is 0 Å². The summed E-state index contributed by atoms with van der Waals surface area (Å²) >= 11 is 0. The fourth-order valence-electron chi connectivity index (χ4n) is 12.0. The molecule has 0 saturated heterocycles. The van der Waals surface area contributed by atoms with Gasteiger partial charge in [-0.3, -0.25) is 37.3 Å². The minimum absolute atomic E-state index is 0.105. The predicted octanol–water partition coefficient (Wildman–Crippen LogP) is 23.0. The number of phosphoric ester groups is 2. The van der Waals surface area contributed by atoms with E-state index in [1.807, 2.05) is 0 Å². The molecule has 5 atom stereocenters. The maximum Gasteiger partial charge on any atom is 0.472 e. The van der Waals surface area contributed by atoms with Gasteiger partial charge < -0.3 is 33.8 Å². The van der Waals surface area contributed by atoms with E-state index in [0.29, 0.717) is 25.7 Å². The molecule has 0 aromatic carbocycles. The normalized spacial score (nSPS) is 14.0. The lowest BCUT2D eigenvalue weighted by Crippen LogP contribution is -2.30. The first kappa shape index (κ1) is 95.1. The van der Waals surface area contributed by atoms with Crippen LogP contribution in [-0.2, 0) is 65.4 Å². The first-order valence-corrected chi connectivity index (χ1v) is 43.3. The second-order valence-electron chi connectivity index (χ2n) is 29.5. The van der Waals surface area contributed by atoms with Gasteiger partial charge in [0, 0.05) is 25.7 Å². The standard InChI is InChI=1S/C78H152O17P2/c1-8-9-10-11-12-13-22-31-38-45-52-59-75(80)88-66-74(95-78(83)62-55-48-41-34-27-30-37-44-51-58-71(6)7)68-93-97(86,87)91-64-72(79)63-90-96(84,85)92-67-73(65-89-76(81)60-53-46-39-32-25-21-20-24-29-36-43-50-57-70(4)5)94-77(82)61-54-47-40-33-26-19-17-15-14-16-18-23-28-35-42-49-56-69(2)3/h69-74,79H,8-68H2,1-7H3,(H,84,85)(H,86,87)/t72-,73-,74-/m1/s1. The Morgan fingerprint density at radius 2 is 0.474 bits per heavy atom. The van der Waals surface area contributed by atoms with Crippen LogP contribution in [0.5, 0.6) is 0 Å². The SMILES string of the molecule is CCCCCCCCCCCCCC(=O)OC[C@H](COP(=O)(O)OC[C@H](O)COP(=O)(O)OC[C@@H](COC(=O)CCCCCCCCCCCCCCC(C)C)OC(=O)CCCCCCCCCCCCCCCCCCC(C)C)OC(=O)CCCCCCCCCCCC(C)C. The molecule has 0 aliphatic carbocycles. The number of carbonyl (C=O) groups is 4. The quantitative estimate of drug-likeness (QED) is 0.0222. The highest BCUT2D eigenvalue weighted by molar-refractivity contribution is 7.47. The smallest absolute Gasteiger partial charge is 0.462 e. The van der Waals surface area contributed by atoms with E-state index < -0.39 is 97.5 Å². The first-order valence-electron chi connectivity index (χ1n) is 40.3. The Kier molecular flexibility index (Phi) is 67.1. The summed E-state index contributed by atoms with van der Waals surface area (Å²) in [5.74, 6) is 0.213. The Labute approximate surface area is 594 Å². The summed E-state index contributed by atoms with van der Waals surface area (Å²) in [6.45, 7) is 11.9. The molecule has 17 nitrogen and oxygen atoms in total. The monoisotopic (exact) mass is 1420 g/mol.